The second-order valence-electron chi connectivity index (χ2n) is 7.90. The summed E-state index contributed by atoms with van der Waals surface area (Å²) in [6, 6.07) is 17.4. The van der Waals surface area contributed by atoms with Crippen LogP contribution in [-0.4, -0.2) is 69.5 Å². The minimum atomic E-state index is -1.15. The van der Waals surface area contributed by atoms with Gasteiger partial charge >= 0.3 is 12.0 Å². The normalized spacial score (nSPS) is 16.7. The number of carboxylic acids is 1. The zero-order chi connectivity index (χ0) is 22.7. The van der Waals surface area contributed by atoms with E-state index >= 15 is 0 Å². The lowest BCUT2D eigenvalue weighted by Gasteiger charge is -2.39. The SMILES string of the molecule is COc1cc(-c2ccccc2)ccc1CN1CCN(C(=O)n2ccc(C(=O)O)n2)C(C)C1. The van der Waals surface area contributed by atoms with Crippen molar-refractivity contribution in [3.63, 3.8) is 0 Å². The number of carbonyl (C=O) groups is 2. The first-order chi connectivity index (χ1) is 15.5. The minimum absolute atomic E-state index is 0.0386. The van der Waals surface area contributed by atoms with E-state index in [0.717, 1.165) is 33.7 Å². The molecule has 1 amide bonds. The van der Waals surface area contributed by atoms with Crippen molar-refractivity contribution in [2.75, 3.05) is 26.7 Å². The summed E-state index contributed by atoms with van der Waals surface area (Å²) in [4.78, 5) is 27.8. The maximum absolute atomic E-state index is 12.8. The number of hydrogen-bond acceptors (Lipinski definition) is 5. The average Bonchev–Trinajstić information content (AvgIpc) is 3.30. The Labute approximate surface area is 186 Å². The highest BCUT2D eigenvalue weighted by Gasteiger charge is 2.29. The Balaban J connectivity index is 1.42. The largest absolute Gasteiger partial charge is 0.496 e. The first kappa shape index (κ1) is 21.6. The minimum Gasteiger partial charge on any atom is -0.496 e. The van der Waals surface area contributed by atoms with Crippen LogP contribution in [0.3, 0.4) is 0 Å². The van der Waals surface area contributed by atoms with E-state index in [1.165, 1.54) is 12.3 Å². The molecule has 1 aliphatic heterocycles. The number of nitrogens with zero attached hydrogens (tertiary/aromatic N) is 4. The van der Waals surface area contributed by atoms with Gasteiger partial charge in [-0.2, -0.15) is 9.78 Å². The smallest absolute Gasteiger partial charge is 0.356 e. The molecule has 1 atom stereocenters. The van der Waals surface area contributed by atoms with Crippen molar-refractivity contribution in [2.24, 2.45) is 0 Å². The van der Waals surface area contributed by atoms with Crippen molar-refractivity contribution in [2.45, 2.75) is 19.5 Å². The van der Waals surface area contributed by atoms with E-state index in [-0.39, 0.29) is 17.8 Å². The summed E-state index contributed by atoms with van der Waals surface area (Å²) in [5.74, 6) is -0.308. The quantitative estimate of drug-likeness (QED) is 0.662. The van der Waals surface area contributed by atoms with Gasteiger partial charge in [0.25, 0.3) is 0 Å². The highest BCUT2D eigenvalue weighted by atomic mass is 16.5. The predicted molar refractivity (Wildman–Crippen MR) is 120 cm³/mol. The van der Waals surface area contributed by atoms with Crippen LogP contribution in [0.5, 0.6) is 5.75 Å². The number of ether oxygens (including phenoxy) is 1. The molecule has 8 nitrogen and oxygen atoms in total. The average molecular weight is 434 g/mol. The van der Waals surface area contributed by atoms with Gasteiger partial charge in [0.1, 0.15) is 5.75 Å². The van der Waals surface area contributed by atoms with Crippen LogP contribution in [0.1, 0.15) is 23.0 Å². The standard InChI is InChI=1S/C24H26N4O4/c1-17-15-26(12-13-27(17)24(31)28-11-10-21(25-28)23(29)30)16-20-9-8-19(14-22(20)32-2)18-6-4-3-5-7-18/h3-11,14,17H,12-13,15-16H2,1-2H3,(H,29,30). The van der Waals surface area contributed by atoms with Gasteiger partial charge < -0.3 is 14.7 Å². The molecule has 4 rings (SSSR count). The summed E-state index contributed by atoms with van der Waals surface area (Å²) >= 11 is 0. The van der Waals surface area contributed by atoms with E-state index in [1.54, 1.807) is 12.0 Å². The zero-order valence-corrected chi connectivity index (χ0v) is 18.1. The molecule has 1 fully saturated rings. The lowest BCUT2D eigenvalue weighted by molar-refractivity contribution is 0.0689. The number of amides is 1. The summed E-state index contributed by atoms with van der Waals surface area (Å²) in [6.45, 7) is 4.64. The highest BCUT2D eigenvalue weighted by Crippen LogP contribution is 2.28. The van der Waals surface area contributed by atoms with Crippen molar-refractivity contribution in [1.82, 2.24) is 19.6 Å². The van der Waals surface area contributed by atoms with Crippen molar-refractivity contribution in [3.8, 4) is 16.9 Å². The Morgan fingerprint density at radius 1 is 1.09 bits per heavy atom. The van der Waals surface area contributed by atoms with Crippen LogP contribution in [0.25, 0.3) is 11.1 Å². The number of carbonyl (C=O) groups excluding carboxylic acids is 1. The second kappa shape index (κ2) is 9.23. The lowest BCUT2D eigenvalue weighted by atomic mass is 10.0. The number of benzene rings is 2. The number of piperazine rings is 1. The molecule has 32 heavy (non-hydrogen) atoms. The second-order valence-corrected chi connectivity index (χ2v) is 7.90. The fourth-order valence-corrected chi connectivity index (χ4v) is 4.06. The van der Waals surface area contributed by atoms with Crippen molar-refractivity contribution >= 4 is 12.0 Å². The van der Waals surface area contributed by atoms with Gasteiger partial charge in [-0.1, -0.05) is 42.5 Å². The lowest BCUT2D eigenvalue weighted by Crippen LogP contribution is -2.54. The van der Waals surface area contributed by atoms with Crippen LogP contribution in [0.2, 0.25) is 0 Å². The molecular formula is C24H26N4O4. The number of methoxy groups -OCH3 is 1. The molecule has 3 aromatic rings. The zero-order valence-electron chi connectivity index (χ0n) is 18.1. The molecular weight excluding hydrogens is 408 g/mol. The monoisotopic (exact) mass is 434 g/mol. The van der Waals surface area contributed by atoms with E-state index in [0.29, 0.717) is 19.6 Å². The van der Waals surface area contributed by atoms with Crippen LogP contribution in [-0.2, 0) is 6.54 Å². The Bertz CT molecular complexity index is 1110. The molecule has 0 bridgehead atoms. The maximum atomic E-state index is 12.8. The van der Waals surface area contributed by atoms with E-state index in [4.69, 9.17) is 9.84 Å². The molecule has 0 aliphatic carbocycles. The molecule has 0 saturated carbocycles. The number of aromatic nitrogens is 2. The van der Waals surface area contributed by atoms with Crippen LogP contribution in [0, 0.1) is 0 Å². The molecule has 0 radical (unpaired) electrons. The number of aromatic carboxylic acids is 1. The van der Waals surface area contributed by atoms with Crippen molar-refractivity contribution < 1.29 is 19.4 Å². The van der Waals surface area contributed by atoms with E-state index in [1.807, 2.05) is 25.1 Å². The van der Waals surface area contributed by atoms with Crippen molar-refractivity contribution in [3.05, 3.63) is 72.1 Å². The molecule has 0 spiro atoms. The van der Waals surface area contributed by atoms with Crippen LogP contribution >= 0.6 is 0 Å². The first-order valence-corrected chi connectivity index (χ1v) is 10.5. The number of hydrogen-bond donors (Lipinski definition) is 1. The molecule has 1 unspecified atom stereocenters. The summed E-state index contributed by atoms with van der Waals surface area (Å²) < 4.78 is 6.76. The third-order valence-corrected chi connectivity index (χ3v) is 5.75. The van der Waals surface area contributed by atoms with Gasteiger partial charge in [-0.25, -0.2) is 9.59 Å². The summed E-state index contributed by atoms with van der Waals surface area (Å²) in [7, 11) is 1.68. The molecule has 8 heteroatoms. The third-order valence-electron chi connectivity index (χ3n) is 5.75. The van der Waals surface area contributed by atoms with Crippen LogP contribution in [0.4, 0.5) is 4.79 Å². The first-order valence-electron chi connectivity index (χ1n) is 10.5. The van der Waals surface area contributed by atoms with Gasteiger partial charge in [-0.05, 0) is 30.2 Å². The molecule has 1 N–H and O–H groups in total. The van der Waals surface area contributed by atoms with Gasteiger partial charge in [0.15, 0.2) is 5.69 Å². The summed E-state index contributed by atoms with van der Waals surface area (Å²) in [5, 5.41) is 12.9. The molecule has 2 heterocycles. The van der Waals surface area contributed by atoms with Gasteiger partial charge in [0.05, 0.1) is 7.11 Å². The molecule has 1 saturated heterocycles. The Hall–Kier alpha value is -3.65. The fourth-order valence-electron chi connectivity index (χ4n) is 4.06. The highest BCUT2D eigenvalue weighted by molar-refractivity contribution is 5.86. The third kappa shape index (κ3) is 4.50. The van der Waals surface area contributed by atoms with E-state index in [9.17, 15) is 9.59 Å². The topological polar surface area (TPSA) is 87.9 Å². The van der Waals surface area contributed by atoms with Crippen LogP contribution < -0.4 is 4.74 Å². The Kier molecular flexibility index (Phi) is 6.23. The maximum Gasteiger partial charge on any atom is 0.356 e. The van der Waals surface area contributed by atoms with Gasteiger partial charge in [0, 0.05) is 44.0 Å². The van der Waals surface area contributed by atoms with Gasteiger partial charge in [-0.15, -0.1) is 0 Å². The Morgan fingerprint density at radius 2 is 1.88 bits per heavy atom. The Morgan fingerprint density at radius 3 is 2.53 bits per heavy atom. The summed E-state index contributed by atoms with van der Waals surface area (Å²) in [5.41, 5.74) is 3.20. The number of rotatable bonds is 5. The van der Waals surface area contributed by atoms with Gasteiger partial charge in [-0.3, -0.25) is 4.90 Å². The predicted octanol–water partition coefficient (Wildman–Crippen LogP) is 3.43. The molecule has 2 aromatic carbocycles. The molecule has 166 valence electrons. The van der Waals surface area contributed by atoms with Gasteiger partial charge in [0.2, 0.25) is 0 Å². The number of carboxylic acid groups (broad SMARTS) is 1. The summed E-state index contributed by atoms with van der Waals surface area (Å²) in [6.07, 6.45) is 1.39. The molecule has 1 aliphatic rings. The molecule has 1 aromatic heterocycles. The van der Waals surface area contributed by atoms with E-state index in [2.05, 4.69) is 40.3 Å². The van der Waals surface area contributed by atoms with E-state index < -0.39 is 5.97 Å². The van der Waals surface area contributed by atoms with Crippen LogP contribution in [0.15, 0.2) is 60.8 Å². The fraction of sp³-hybridized carbons (Fsp3) is 0.292. The van der Waals surface area contributed by atoms with Crippen molar-refractivity contribution in [1.29, 1.82) is 0 Å².